The second-order valence-corrected chi connectivity index (χ2v) is 0.495. The van der Waals surface area contributed by atoms with Crippen LogP contribution in [0.4, 0.5) is 17.3 Å². The summed E-state index contributed by atoms with van der Waals surface area (Å²) < 4.78 is 39.0. The van der Waals surface area contributed by atoms with Crippen LogP contribution in [0.2, 0.25) is 0 Å². The predicted octanol–water partition coefficient (Wildman–Crippen LogP) is -0.0480. The van der Waals surface area contributed by atoms with Gasteiger partial charge in [0.1, 0.15) is 0 Å². The smallest absolute Gasteiger partial charge is 0.673 e. The fourth-order valence-electron chi connectivity index (χ4n) is 0. The summed E-state index contributed by atoms with van der Waals surface area (Å²) in [6, 6.07) is 0. The largest absolute Gasteiger partial charge is 0.693 e. The Bertz CT molecular complexity index is 49.3. The van der Waals surface area contributed by atoms with Gasteiger partial charge in [-0.15, -0.1) is 0 Å². The molecule has 0 aromatic carbocycles. The molecule has 4 nitrogen and oxygen atoms in total. The van der Waals surface area contributed by atoms with Gasteiger partial charge in [-0.1, -0.05) is 0 Å². The van der Waals surface area contributed by atoms with Gasteiger partial charge in [-0.25, -0.2) is 0 Å². The third-order valence-electron chi connectivity index (χ3n) is 0. The molecule has 0 saturated heterocycles. The zero-order valence-electron chi connectivity index (χ0n) is 5.92. The molecule has 0 aromatic heterocycles. The van der Waals surface area contributed by atoms with Crippen LogP contribution in [0, 0.1) is 0 Å². The average molecular weight is 418 g/mol. The molecule has 0 spiro atoms. The van der Waals surface area contributed by atoms with Crippen molar-refractivity contribution in [2.45, 2.75) is 0 Å². The van der Waals surface area contributed by atoms with Crippen molar-refractivity contribution in [2.75, 3.05) is 0 Å². The predicted molar refractivity (Wildman–Crippen MR) is 24.4 cm³/mol. The molecule has 0 aliphatic carbocycles. The first-order chi connectivity index (χ1) is 3.00. The Balaban J connectivity index is -0.00000000671. The van der Waals surface area contributed by atoms with E-state index >= 15 is 0 Å². The third kappa shape index (κ3) is 249. The minimum absolute atomic E-state index is 0. The van der Waals surface area contributed by atoms with Gasteiger partial charge in [-0.3, -0.25) is 0 Å². The van der Waals surface area contributed by atoms with Crippen LogP contribution in [0.1, 0.15) is 0 Å². The Morgan fingerprint density at radius 3 is 0.833 bits per heavy atom. The zero-order valence-corrected chi connectivity index (χ0v) is 14.4. The molecule has 12 heavy (non-hydrogen) atoms. The first-order valence-corrected chi connectivity index (χ1v) is 1.13. The summed E-state index contributed by atoms with van der Waals surface area (Å²) in [6.45, 7) is 0. The van der Waals surface area contributed by atoms with Crippen molar-refractivity contribution in [3.05, 3.63) is 11.7 Å². The molecule has 69 valence electrons. The molecule has 0 bridgehead atoms. The Kier molecular flexibility index (Phi) is 114. The van der Waals surface area contributed by atoms with Crippen LogP contribution in [0.25, 0.3) is 11.7 Å². The van der Waals surface area contributed by atoms with E-state index < -0.39 is 7.25 Å². The molecule has 3 radical (unpaired) electrons. The van der Waals surface area contributed by atoms with E-state index in [-0.39, 0.29) is 110 Å². The van der Waals surface area contributed by atoms with Gasteiger partial charge < -0.3 is 40.0 Å². The summed E-state index contributed by atoms with van der Waals surface area (Å²) in [5.74, 6) is 0. The molecule has 0 fully saturated rings. The minimum atomic E-state index is -6.00. The van der Waals surface area contributed by atoms with E-state index in [1.807, 2.05) is 0 Å². The normalized spacial score (nSPS) is 5.33. The van der Waals surface area contributed by atoms with Crippen LogP contribution in [-0.2, 0) is 98.1 Å². The quantitative estimate of drug-likeness (QED) is 0.324. The summed E-state index contributed by atoms with van der Waals surface area (Å²) in [5, 5.41) is 0. The maximum absolute atomic E-state index is 9.75. The topological polar surface area (TPSA) is 113 Å². The van der Waals surface area contributed by atoms with Gasteiger partial charge in [0.2, 0.25) is 0 Å². The number of rotatable bonds is 0. The van der Waals surface area contributed by atoms with Crippen molar-refractivity contribution in [3.8, 4) is 0 Å². The van der Waals surface area contributed by atoms with Gasteiger partial charge in [-0.05, 0) is 0 Å². The fourth-order valence-corrected chi connectivity index (χ4v) is 0. The second kappa shape index (κ2) is 29.2. The number of hydrogen-bond acceptors (Lipinski definition) is 0. The van der Waals surface area contributed by atoms with Crippen molar-refractivity contribution < 1.29 is 126 Å². The number of halogens is 4. The fraction of sp³-hybridized carbons (Fsp3) is 0. The van der Waals surface area contributed by atoms with E-state index in [1.54, 1.807) is 0 Å². The van der Waals surface area contributed by atoms with Gasteiger partial charge in [0.15, 0.2) is 0 Å². The summed E-state index contributed by atoms with van der Waals surface area (Å²) in [4.78, 5) is 0. The molecule has 0 saturated carbocycles. The maximum atomic E-state index is 9.75. The molecule has 0 heterocycles. The second-order valence-electron chi connectivity index (χ2n) is 0.495. The average Bonchev–Trinajstić information content (AvgIpc) is 1.36. The van der Waals surface area contributed by atoms with Crippen molar-refractivity contribution >= 4 is 7.25 Å². The molecule has 6 N–H and O–H groups in total. The summed E-state index contributed by atoms with van der Waals surface area (Å²) in [7, 11) is -6.00. The Morgan fingerprint density at radius 2 is 0.833 bits per heavy atom. The van der Waals surface area contributed by atoms with E-state index in [1.165, 1.54) is 0 Å². The van der Waals surface area contributed by atoms with Crippen LogP contribution in [0.3, 0.4) is 0 Å². The summed E-state index contributed by atoms with van der Waals surface area (Å²) in [5.41, 5.74) is 10.0. The van der Waals surface area contributed by atoms with E-state index in [0.29, 0.717) is 0 Å². The van der Waals surface area contributed by atoms with Gasteiger partial charge in [0, 0.05) is 98.1 Å². The standard InChI is InChI=1S/BF4.H2N2.H2N.H2O.3Y/c2-1(3,4)5;1-2;;;;;/h;1H2;2*1H2;;;/q-1;;-1;;;;. The first kappa shape index (κ1) is 46.7. The molecule has 0 rings (SSSR count). The number of nitrogens with two attached hydrogens (primary N) is 2. The van der Waals surface area contributed by atoms with Crippen LogP contribution < -0.4 is 5.53 Å². The number of hydrogen-bond donors (Lipinski definition) is 1. The van der Waals surface area contributed by atoms with Gasteiger partial charge >= 0.3 is 7.25 Å². The molecule has 0 unspecified atom stereocenters. The number of nitrogens with zero attached hydrogens (tertiary/aromatic N) is 1. The van der Waals surface area contributed by atoms with E-state index in [2.05, 4.69) is 5.53 Å². The summed E-state index contributed by atoms with van der Waals surface area (Å²) in [6.07, 6.45) is 0. The minimum Gasteiger partial charge on any atom is -0.693 e. The Hall–Kier alpha value is 2.62. The van der Waals surface area contributed by atoms with Crippen LogP contribution in [0.5, 0.6) is 0 Å². The monoisotopic (exact) mass is 418 g/mol. The molecule has 0 atom stereocenters. The van der Waals surface area contributed by atoms with Crippen molar-refractivity contribution in [1.82, 2.24) is 0 Å². The third-order valence-corrected chi connectivity index (χ3v) is 0. The van der Waals surface area contributed by atoms with Crippen LogP contribution >= 0.6 is 0 Å². The van der Waals surface area contributed by atoms with Crippen molar-refractivity contribution in [3.63, 3.8) is 0 Å². The molecule has 0 aromatic rings. The zero-order chi connectivity index (χ0) is 6.50. The van der Waals surface area contributed by atoms with Crippen molar-refractivity contribution in [2.24, 2.45) is 0 Å². The van der Waals surface area contributed by atoms with E-state index in [4.69, 9.17) is 5.53 Å². The van der Waals surface area contributed by atoms with Crippen LogP contribution in [-0.4, -0.2) is 12.7 Å². The molecule has 0 aliphatic heterocycles. The Labute approximate surface area is 143 Å². The maximum Gasteiger partial charge on any atom is 0.673 e. The van der Waals surface area contributed by atoms with Crippen LogP contribution in [0.15, 0.2) is 0 Å². The van der Waals surface area contributed by atoms with Gasteiger partial charge in [0.05, 0.1) is 0 Å². The summed E-state index contributed by atoms with van der Waals surface area (Å²) >= 11 is 0. The molecular weight excluding hydrogens is 412 g/mol. The first-order valence-electron chi connectivity index (χ1n) is 1.13. The van der Waals surface area contributed by atoms with Gasteiger partial charge in [-0.2, -0.15) is 0 Å². The van der Waals surface area contributed by atoms with Crippen molar-refractivity contribution in [1.29, 1.82) is 0 Å². The molecular formula is H6BF4N3OY3-2. The Morgan fingerprint density at radius 1 is 0.833 bits per heavy atom. The van der Waals surface area contributed by atoms with E-state index in [9.17, 15) is 17.3 Å². The molecule has 0 aliphatic rings. The molecule has 12 heteroatoms. The van der Waals surface area contributed by atoms with E-state index in [0.717, 1.165) is 0 Å². The molecule has 0 amide bonds. The van der Waals surface area contributed by atoms with Gasteiger partial charge in [0.25, 0.3) is 0 Å². The SMILES string of the molecule is F[B-](F)(F)F.O.[N-]=[NH2+].[NH2-].[Y].[Y].[Y].